The van der Waals surface area contributed by atoms with E-state index in [1.165, 1.54) is 24.8 Å². The van der Waals surface area contributed by atoms with E-state index in [1.807, 2.05) is 6.07 Å². The SMILES string of the molecule is O=C1C[C@H]2CCC[C@@]2(Cc2ccccc2)CO1. The van der Waals surface area contributed by atoms with Gasteiger partial charge in [-0.1, -0.05) is 36.8 Å². The van der Waals surface area contributed by atoms with E-state index in [2.05, 4.69) is 24.3 Å². The number of benzene rings is 1. The van der Waals surface area contributed by atoms with Crippen molar-refractivity contribution in [1.29, 1.82) is 0 Å². The molecule has 2 atom stereocenters. The van der Waals surface area contributed by atoms with E-state index in [9.17, 15) is 4.79 Å². The van der Waals surface area contributed by atoms with Crippen LogP contribution in [0.15, 0.2) is 30.3 Å². The fourth-order valence-corrected chi connectivity index (χ4v) is 3.49. The van der Waals surface area contributed by atoms with Crippen LogP contribution in [0.4, 0.5) is 0 Å². The quantitative estimate of drug-likeness (QED) is 0.730. The summed E-state index contributed by atoms with van der Waals surface area (Å²) in [4.78, 5) is 11.4. The zero-order chi connectivity index (χ0) is 11.7. The molecular formula is C15H18O2. The Balaban J connectivity index is 1.82. The van der Waals surface area contributed by atoms with Crippen LogP contribution in [0, 0.1) is 11.3 Å². The second kappa shape index (κ2) is 4.17. The molecule has 2 fully saturated rings. The van der Waals surface area contributed by atoms with Crippen LogP contribution >= 0.6 is 0 Å². The first-order valence-electron chi connectivity index (χ1n) is 6.48. The van der Waals surface area contributed by atoms with Gasteiger partial charge in [0, 0.05) is 11.8 Å². The molecule has 1 saturated carbocycles. The maximum absolute atomic E-state index is 11.4. The highest BCUT2D eigenvalue weighted by Crippen LogP contribution is 2.49. The Kier molecular flexibility index (Phi) is 2.65. The van der Waals surface area contributed by atoms with Gasteiger partial charge in [-0.05, 0) is 30.7 Å². The van der Waals surface area contributed by atoms with E-state index in [1.54, 1.807) is 0 Å². The lowest BCUT2D eigenvalue weighted by Gasteiger charge is -2.38. The van der Waals surface area contributed by atoms with Crippen molar-refractivity contribution in [1.82, 2.24) is 0 Å². The van der Waals surface area contributed by atoms with Crippen LogP contribution < -0.4 is 0 Å². The average Bonchev–Trinajstić information content (AvgIpc) is 2.73. The van der Waals surface area contributed by atoms with Crippen LogP contribution in [0.3, 0.4) is 0 Å². The molecule has 3 rings (SSSR count). The molecule has 2 heteroatoms. The molecule has 1 aromatic rings. The summed E-state index contributed by atoms with van der Waals surface area (Å²) in [6, 6.07) is 10.6. The van der Waals surface area contributed by atoms with Gasteiger partial charge in [0.1, 0.15) is 0 Å². The van der Waals surface area contributed by atoms with Gasteiger partial charge in [-0.3, -0.25) is 4.79 Å². The Labute approximate surface area is 102 Å². The smallest absolute Gasteiger partial charge is 0.306 e. The number of hydrogen-bond donors (Lipinski definition) is 0. The minimum Gasteiger partial charge on any atom is -0.465 e. The molecule has 2 aliphatic rings. The Hall–Kier alpha value is -1.31. The number of esters is 1. The zero-order valence-corrected chi connectivity index (χ0v) is 10.0. The van der Waals surface area contributed by atoms with Crippen molar-refractivity contribution in [3.8, 4) is 0 Å². The van der Waals surface area contributed by atoms with Crippen molar-refractivity contribution in [3.05, 3.63) is 35.9 Å². The highest BCUT2D eigenvalue weighted by atomic mass is 16.5. The topological polar surface area (TPSA) is 26.3 Å². The standard InChI is InChI=1S/C15H18O2/c16-14-9-13-7-4-8-15(13,11-17-14)10-12-5-2-1-3-6-12/h1-3,5-6,13H,4,7-11H2/t13-,15-/m1/s1. The molecule has 0 bridgehead atoms. The molecule has 0 aromatic heterocycles. The maximum Gasteiger partial charge on any atom is 0.306 e. The summed E-state index contributed by atoms with van der Waals surface area (Å²) in [5.74, 6) is 0.546. The van der Waals surface area contributed by atoms with E-state index in [0.29, 0.717) is 18.9 Å². The highest BCUT2D eigenvalue weighted by molar-refractivity contribution is 5.70. The van der Waals surface area contributed by atoms with Crippen molar-refractivity contribution in [3.63, 3.8) is 0 Å². The van der Waals surface area contributed by atoms with Gasteiger partial charge >= 0.3 is 5.97 Å². The van der Waals surface area contributed by atoms with Crippen molar-refractivity contribution in [2.45, 2.75) is 32.1 Å². The predicted molar refractivity (Wildman–Crippen MR) is 65.5 cm³/mol. The first-order valence-corrected chi connectivity index (χ1v) is 6.48. The summed E-state index contributed by atoms with van der Waals surface area (Å²) in [6.45, 7) is 0.630. The van der Waals surface area contributed by atoms with E-state index >= 15 is 0 Å². The van der Waals surface area contributed by atoms with Crippen molar-refractivity contribution >= 4 is 5.97 Å². The minimum atomic E-state index is 0.000543. The normalized spacial score (nSPS) is 32.0. The summed E-state index contributed by atoms with van der Waals surface area (Å²) in [6.07, 6.45) is 5.34. The Morgan fingerprint density at radius 1 is 1.29 bits per heavy atom. The molecule has 0 spiro atoms. The van der Waals surface area contributed by atoms with Crippen LogP contribution in [-0.4, -0.2) is 12.6 Å². The number of ether oxygens (including phenoxy) is 1. The van der Waals surface area contributed by atoms with Crippen molar-refractivity contribution in [2.24, 2.45) is 11.3 Å². The van der Waals surface area contributed by atoms with E-state index < -0.39 is 0 Å². The lowest BCUT2D eigenvalue weighted by atomic mass is 9.71. The number of carbonyl (C=O) groups excluding carboxylic acids is 1. The summed E-state index contributed by atoms with van der Waals surface area (Å²) in [7, 11) is 0. The summed E-state index contributed by atoms with van der Waals surface area (Å²) < 4.78 is 5.33. The molecule has 2 nitrogen and oxygen atoms in total. The predicted octanol–water partition coefficient (Wildman–Crippen LogP) is 2.96. The van der Waals surface area contributed by atoms with Crippen LogP contribution in [-0.2, 0) is 16.0 Å². The Morgan fingerprint density at radius 3 is 2.94 bits per heavy atom. The molecule has 1 aliphatic carbocycles. The molecule has 1 aliphatic heterocycles. The highest BCUT2D eigenvalue weighted by Gasteiger charge is 2.47. The molecule has 0 amide bonds. The third-order valence-corrected chi connectivity index (χ3v) is 4.43. The van der Waals surface area contributed by atoms with Gasteiger partial charge in [0.05, 0.1) is 6.61 Å². The summed E-state index contributed by atoms with van der Waals surface area (Å²) in [5.41, 5.74) is 1.60. The Morgan fingerprint density at radius 2 is 2.12 bits per heavy atom. The summed E-state index contributed by atoms with van der Waals surface area (Å²) in [5, 5.41) is 0. The second-order valence-electron chi connectivity index (χ2n) is 5.48. The third-order valence-electron chi connectivity index (χ3n) is 4.43. The van der Waals surface area contributed by atoms with E-state index in [0.717, 1.165) is 6.42 Å². The van der Waals surface area contributed by atoms with E-state index in [-0.39, 0.29) is 11.4 Å². The van der Waals surface area contributed by atoms with Gasteiger partial charge in [0.2, 0.25) is 0 Å². The molecular weight excluding hydrogens is 212 g/mol. The second-order valence-corrected chi connectivity index (χ2v) is 5.48. The van der Waals surface area contributed by atoms with Gasteiger partial charge in [0.15, 0.2) is 0 Å². The fourth-order valence-electron chi connectivity index (χ4n) is 3.49. The molecule has 90 valence electrons. The first kappa shape index (κ1) is 10.8. The Bertz CT molecular complexity index is 412. The number of fused-ring (bicyclic) bond motifs is 1. The van der Waals surface area contributed by atoms with Gasteiger partial charge < -0.3 is 4.74 Å². The monoisotopic (exact) mass is 230 g/mol. The van der Waals surface area contributed by atoms with Gasteiger partial charge in [-0.25, -0.2) is 0 Å². The molecule has 17 heavy (non-hydrogen) atoms. The minimum absolute atomic E-state index is 0.000543. The summed E-state index contributed by atoms with van der Waals surface area (Å²) >= 11 is 0. The lowest BCUT2D eigenvalue weighted by molar-refractivity contribution is -0.158. The molecule has 0 radical (unpaired) electrons. The largest absolute Gasteiger partial charge is 0.465 e. The van der Waals surface area contributed by atoms with Crippen LogP contribution in [0.1, 0.15) is 31.2 Å². The maximum atomic E-state index is 11.4. The van der Waals surface area contributed by atoms with Crippen molar-refractivity contribution in [2.75, 3.05) is 6.61 Å². The number of rotatable bonds is 2. The van der Waals surface area contributed by atoms with Crippen LogP contribution in [0.2, 0.25) is 0 Å². The number of cyclic esters (lactones) is 1. The van der Waals surface area contributed by atoms with Crippen LogP contribution in [0.25, 0.3) is 0 Å². The molecule has 1 aromatic carbocycles. The lowest BCUT2D eigenvalue weighted by Crippen LogP contribution is -2.40. The number of carbonyl (C=O) groups is 1. The molecule has 0 unspecified atom stereocenters. The molecule has 1 heterocycles. The van der Waals surface area contributed by atoms with Gasteiger partial charge in [0.25, 0.3) is 0 Å². The average molecular weight is 230 g/mol. The zero-order valence-electron chi connectivity index (χ0n) is 10.0. The molecule has 1 saturated heterocycles. The van der Waals surface area contributed by atoms with Crippen LogP contribution in [0.5, 0.6) is 0 Å². The van der Waals surface area contributed by atoms with Crippen molar-refractivity contribution < 1.29 is 9.53 Å². The van der Waals surface area contributed by atoms with Gasteiger partial charge in [-0.15, -0.1) is 0 Å². The first-order chi connectivity index (χ1) is 8.28. The van der Waals surface area contributed by atoms with E-state index in [4.69, 9.17) is 4.74 Å². The fraction of sp³-hybridized carbons (Fsp3) is 0.533. The molecule has 0 N–H and O–H groups in total. The van der Waals surface area contributed by atoms with Gasteiger partial charge in [-0.2, -0.15) is 0 Å². The third kappa shape index (κ3) is 1.97. The number of hydrogen-bond acceptors (Lipinski definition) is 2.